The van der Waals surface area contributed by atoms with E-state index in [4.69, 9.17) is 0 Å². The van der Waals surface area contributed by atoms with Crippen molar-refractivity contribution in [2.24, 2.45) is 0 Å². The molecule has 15 heavy (non-hydrogen) atoms. The molecule has 2 nitrogen and oxygen atoms in total. The molecule has 1 atom stereocenters. The Labute approximate surface area is 89.9 Å². The number of rotatable bonds is 1. The molecule has 0 amide bonds. The van der Waals surface area contributed by atoms with E-state index in [1.54, 1.807) is 12.3 Å². The van der Waals surface area contributed by atoms with Gasteiger partial charge in [-0.15, -0.1) is 0 Å². The molecule has 0 spiro atoms. The highest BCUT2D eigenvalue weighted by atomic mass is 19.1. The number of hydrogen-bond donors (Lipinski definition) is 1. The zero-order chi connectivity index (χ0) is 10.7. The van der Waals surface area contributed by atoms with E-state index >= 15 is 0 Å². The van der Waals surface area contributed by atoms with Crippen LogP contribution in [0.3, 0.4) is 0 Å². The van der Waals surface area contributed by atoms with Crippen molar-refractivity contribution >= 4 is 0 Å². The molecule has 0 aliphatic carbocycles. The number of aromatic nitrogens is 1. The topological polar surface area (TPSA) is 24.9 Å². The molecule has 2 heterocycles. The zero-order valence-electron chi connectivity index (χ0n) is 9.09. The fourth-order valence-corrected chi connectivity index (χ4v) is 2.29. The van der Waals surface area contributed by atoms with E-state index in [0.717, 1.165) is 24.9 Å². The molecule has 0 radical (unpaired) electrons. The number of nitrogens with zero attached hydrogens (tertiary/aromatic N) is 1. The van der Waals surface area contributed by atoms with Gasteiger partial charge in [0.15, 0.2) is 0 Å². The summed E-state index contributed by atoms with van der Waals surface area (Å²) in [6.07, 6.45) is 7.53. The summed E-state index contributed by atoms with van der Waals surface area (Å²) in [6.45, 7) is 3.05. The molecular formula is C12H17FN2. The molecule has 82 valence electrons. The van der Waals surface area contributed by atoms with Gasteiger partial charge in [0.2, 0.25) is 0 Å². The third-order valence-corrected chi connectivity index (χ3v) is 3.24. The van der Waals surface area contributed by atoms with Gasteiger partial charge in [-0.3, -0.25) is 4.98 Å². The summed E-state index contributed by atoms with van der Waals surface area (Å²) in [4.78, 5) is 3.79. The second-order valence-electron chi connectivity index (χ2n) is 4.43. The fourth-order valence-electron chi connectivity index (χ4n) is 2.29. The number of pyridine rings is 1. The largest absolute Gasteiger partial charge is 0.308 e. The first-order valence-electron chi connectivity index (χ1n) is 5.57. The standard InChI is InChI=1S/C12H17FN2/c1-12(6-3-2-4-7-15-12)10-5-8-14-9-11(10)13/h5,8-9,15H,2-4,6-7H2,1H3. The van der Waals surface area contributed by atoms with Crippen molar-refractivity contribution in [2.75, 3.05) is 6.54 Å². The fraction of sp³-hybridized carbons (Fsp3) is 0.583. The predicted molar refractivity (Wildman–Crippen MR) is 58.0 cm³/mol. The zero-order valence-corrected chi connectivity index (χ0v) is 9.09. The first kappa shape index (κ1) is 10.6. The van der Waals surface area contributed by atoms with Gasteiger partial charge in [0.1, 0.15) is 5.82 Å². The molecule has 1 N–H and O–H groups in total. The van der Waals surface area contributed by atoms with Crippen LogP contribution in [0, 0.1) is 5.82 Å². The van der Waals surface area contributed by atoms with Crippen molar-refractivity contribution in [2.45, 2.75) is 38.1 Å². The van der Waals surface area contributed by atoms with Crippen molar-refractivity contribution in [3.8, 4) is 0 Å². The molecule has 3 heteroatoms. The lowest BCUT2D eigenvalue weighted by Crippen LogP contribution is -2.39. The molecule has 0 saturated carbocycles. The Balaban J connectivity index is 2.30. The Morgan fingerprint density at radius 1 is 1.40 bits per heavy atom. The van der Waals surface area contributed by atoms with Crippen molar-refractivity contribution in [1.82, 2.24) is 10.3 Å². The Morgan fingerprint density at radius 2 is 2.27 bits per heavy atom. The summed E-state index contributed by atoms with van der Waals surface area (Å²) in [5.74, 6) is -0.200. The highest BCUT2D eigenvalue weighted by Crippen LogP contribution is 2.30. The molecule has 1 fully saturated rings. The Morgan fingerprint density at radius 3 is 3.07 bits per heavy atom. The third-order valence-electron chi connectivity index (χ3n) is 3.24. The van der Waals surface area contributed by atoms with Gasteiger partial charge in [-0.05, 0) is 32.4 Å². The Hall–Kier alpha value is -0.960. The molecule has 1 unspecified atom stereocenters. The molecular weight excluding hydrogens is 191 g/mol. The molecule has 0 bridgehead atoms. The van der Waals surface area contributed by atoms with Crippen molar-refractivity contribution in [3.05, 3.63) is 29.8 Å². The monoisotopic (exact) mass is 208 g/mol. The van der Waals surface area contributed by atoms with Crippen molar-refractivity contribution in [1.29, 1.82) is 0 Å². The summed E-state index contributed by atoms with van der Waals surface area (Å²) in [7, 11) is 0. The normalized spacial score (nSPS) is 27.3. The summed E-state index contributed by atoms with van der Waals surface area (Å²) in [5, 5.41) is 3.45. The Kier molecular flexibility index (Phi) is 3.00. The smallest absolute Gasteiger partial charge is 0.146 e. The third kappa shape index (κ3) is 2.17. The lowest BCUT2D eigenvalue weighted by molar-refractivity contribution is 0.344. The lowest BCUT2D eigenvalue weighted by atomic mass is 9.88. The van der Waals surface area contributed by atoms with E-state index in [-0.39, 0.29) is 11.4 Å². The van der Waals surface area contributed by atoms with E-state index in [1.807, 2.05) is 0 Å². The van der Waals surface area contributed by atoms with Crippen LogP contribution in [0.5, 0.6) is 0 Å². The van der Waals surface area contributed by atoms with Crippen LogP contribution in [0.2, 0.25) is 0 Å². The minimum Gasteiger partial charge on any atom is -0.308 e. The summed E-state index contributed by atoms with van der Waals surface area (Å²) in [5.41, 5.74) is 0.531. The predicted octanol–water partition coefficient (Wildman–Crippen LogP) is 2.60. The first-order valence-corrected chi connectivity index (χ1v) is 5.57. The van der Waals surface area contributed by atoms with Gasteiger partial charge in [-0.25, -0.2) is 4.39 Å². The number of halogens is 1. The second-order valence-corrected chi connectivity index (χ2v) is 4.43. The van der Waals surface area contributed by atoms with Crippen LogP contribution in [-0.4, -0.2) is 11.5 Å². The molecule has 1 aromatic rings. The minimum atomic E-state index is -0.219. The minimum absolute atomic E-state index is 0.200. The summed E-state index contributed by atoms with van der Waals surface area (Å²) in [6, 6.07) is 1.79. The van der Waals surface area contributed by atoms with Crippen molar-refractivity contribution < 1.29 is 4.39 Å². The molecule has 2 rings (SSSR count). The lowest BCUT2D eigenvalue weighted by Gasteiger charge is -2.30. The highest BCUT2D eigenvalue weighted by molar-refractivity contribution is 5.22. The average Bonchev–Trinajstić information content (AvgIpc) is 2.44. The Bertz CT molecular complexity index is 330. The maximum Gasteiger partial charge on any atom is 0.146 e. The molecule has 1 aliphatic rings. The van der Waals surface area contributed by atoms with Crippen LogP contribution in [0.1, 0.15) is 38.2 Å². The molecule has 1 saturated heterocycles. The van der Waals surface area contributed by atoms with Crippen molar-refractivity contribution in [3.63, 3.8) is 0 Å². The molecule has 1 aromatic heterocycles. The average molecular weight is 208 g/mol. The molecule has 0 aromatic carbocycles. The van der Waals surface area contributed by atoms with Crippen LogP contribution < -0.4 is 5.32 Å². The van der Waals surface area contributed by atoms with E-state index in [9.17, 15) is 4.39 Å². The highest BCUT2D eigenvalue weighted by Gasteiger charge is 2.29. The van der Waals surface area contributed by atoms with Gasteiger partial charge in [0.05, 0.1) is 6.20 Å². The van der Waals surface area contributed by atoms with Crippen LogP contribution in [0.25, 0.3) is 0 Å². The van der Waals surface area contributed by atoms with Crippen LogP contribution in [0.15, 0.2) is 18.5 Å². The van der Waals surface area contributed by atoms with Gasteiger partial charge in [-0.2, -0.15) is 0 Å². The van der Waals surface area contributed by atoms with E-state index < -0.39 is 0 Å². The van der Waals surface area contributed by atoms with Gasteiger partial charge in [-0.1, -0.05) is 12.8 Å². The van der Waals surface area contributed by atoms with Gasteiger partial charge in [0.25, 0.3) is 0 Å². The van der Waals surface area contributed by atoms with Crippen LogP contribution >= 0.6 is 0 Å². The second kappa shape index (κ2) is 4.27. The van der Waals surface area contributed by atoms with Crippen LogP contribution in [-0.2, 0) is 5.54 Å². The van der Waals surface area contributed by atoms with E-state index in [2.05, 4.69) is 17.2 Å². The molecule has 1 aliphatic heterocycles. The number of nitrogens with one attached hydrogen (secondary N) is 1. The van der Waals surface area contributed by atoms with E-state index in [1.165, 1.54) is 19.0 Å². The maximum absolute atomic E-state index is 13.6. The quantitative estimate of drug-likeness (QED) is 0.767. The van der Waals surface area contributed by atoms with Gasteiger partial charge >= 0.3 is 0 Å². The van der Waals surface area contributed by atoms with Gasteiger partial charge < -0.3 is 5.32 Å². The summed E-state index contributed by atoms with van der Waals surface area (Å²) >= 11 is 0. The SMILES string of the molecule is CC1(c2ccncc2F)CCCCCN1. The maximum atomic E-state index is 13.6. The summed E-state index contributed by atoms with van der Waals surface area (Å²) < 4.78 is 13.6. The number of hydrogen-bond acceptors (Lipinski definition) is 2. The van der Waals surface area contributed by atoms with E-state index in [0.29, 0.717) is 0 Å². The van der Waals surface area contributed by atoms with Crippen LogP contribution in [0.4, 0.5) is 4.39 Å². The first-order chi connectivity index (χ1) is 7.22. The van der Waals surface area contributed by atoms with Gasteiger partial charge in [0, 0.05) is 17.3 Å².